The van der Waals surface area contributed by atoms with Gasteiger partial charge in [0.25, 0.3) is 5.91 Å². The van der Waals surface area contributed by atoms with E-state index in [-0.39, 0.29) is 43.6 Å². The fourth-order valence-corrected chi connectivity index (χ4v) is 4.68. The largest absolute Gasteiger partial charge is 0.480 e. The Labute approximate surface area is 243 Å². The van der Waals surface area contributed by atoms with Crippen molar-refractivity contribution in [2.75, 3.05) is 10.2 Å². The fourth-order valence-electron chi connectivity index (χ4n) is 4.68. The molecular weight excluding hydrogens is 540 g/mol. The van der Waals surface area contributed by atoms with Gasteiger partial charge >= 0.3 is 11.9 Å². The van der Waals surface area contributed by atoms with Crippen molar-refractivity contribution in [1.82, 2.24) is 20.3 Å². The van der Waals surface area contributed by atoms with Gasteiger partial charge in [0.05, 0.1) is 0 Å². The minimum atomic E-state index is -1.23. The smallest absolute Gasteiger partial charge is 0.327 e. The van der Waals surface area contributed by atoms with E-state index in [1.54, 1.807) is 18.2 Å². The van der Waals surface area contributed by atoms with Crippen LogP contribution in [-0.4, -0.2) is 61.9 Å². The molecule has 2 aromatic heterocycles. The molecule has 4 rings (SSSR count). The molecule has 42 heavy (non-hydrogen) atoms. The van der Waals surface area contributed by atoms with Gasteiger partial charge in [0.2, 0.25) is 11.9 Å². The van der Waals surface area contributed by atoms with E-state index in [9.17, 15) is 24.3 Å². The number of carbonyl (C=O) groups excluding carboxylic acids is 3. The molecule has 0 radical (unpaired) electrons. The van der Waals surface area contributed by atoms with Gasteiger partial charge in [-0.1, -0.05) is 56.7 Å². The van der Waals surface area contributed by atoms with E-state index in [0.717, 1.165) is 10.5 Å². The topological polar surface area (TPSA) is 164 Å². The van der Waals surface area contributed by atoms with Crippen LogP contribution in [0.2, 0.25) is 0 Å². The quantitative estimate of drug-likeness (QED) is 0.259. The van der Waals surface area contributed by atoms with E-state index in [2.05, 4.69) is 25.6 Å². The first-order valence-electron chi connectivity index (χ1n) is 13.8. The lowest BCUT2D eigenvalue weighted by Gasteiger charge is -2.30. The average molecular weight is 575 g/mol. The summed E-state index contributed by atoms with van der Waals surface area (Å²) >= 11 is 0. The van der Waals surface area contributed by atoms with Crippen molar-refractivity contribution < 1.29 is 29.0 Å². The van der Waals surface area contributed by atoms with Crippen LogP contribution >= 0.6 is 0 Å². The third-order valence-electron chi connectivity index (χ3n) is 7.18. The van der Waals surface area contributed by atoms with Gasteiger partial charge in [0, 0.05) is 31.4 Å². The van der Waals surface area contributed by atoms with Gasteiger partial charge in [0.15, 0.2) is 0 Å². The molecule has 2 amide bonds. The number of amides is 2. The molecule has 220 valence electrons. The summed E-state index contributed by atoms with van der Waals surface area (Å²) in [7, 11) is 0. The number of anilines is 2. The Morgan fingerprint density at radius 2 is 1.74 bits per heavy atom. The molecule has 4 atom stereocenters. The molecule has 0 spiro atoms. The molecule has 0 saturated heterocycles. The number of hydrogen-bond donors (Lipinski definition) is 3. The molecule has 0 unspecified atom stereocenters. The van der Waals surface area contributed by atoms with Crippen LogP contribution in [0.15, 0.2) is 67.1 Å². The Bertz CT molecular complexity index is 1390. The first-order valence-corrected chi connectivity index (χ1v) is 13.8. The van der Waals surface area contributed by atoms with Gasteiger partial charge in [-0.3, -0.25) is 19.3 Å². The lowest BCUT2D eigenvalue weighted by Crippen LogP contribution is -2.56. The number of fused-ring (bicyclic) bond motifs is 1. The van der Waals surface area contributed by atoms with Gasteiger partial charge in [0.1, 0.15) is 30.6 Å². The molecule has 0 bridgehead atoms. The Morgan fingerprint density at radius 3 is 2.43 bits per heavy atom. The third-order valence-corrected chi connectivity index (χ3v) is 7.18. The second-order valence-electron chi connectivity index (χ2n) is 10.1. The zero-order valence-electron chi connectivity index (χ0n) is 23.5. The van der Waals surface area contributed by atoms with Crippen molar-refractivity contribution in [3.63, 3.8) is 0 Å². The number of nitrogens with one attached hydrogen (secondary N) is 2. The molecular formula is C30H34N6O6. The van der Waals surface area contributed by atoms with Gasteiger partial charge in [-0.25, -0.2) is 19.7 Å². The molecule has 0 aliphatic carbocycles. The number of aromatic nitrogens is 3. The SMILES string of the molecule is CC[C@H](C)[C@H](Nc1ncccn1)C(=O)N[C@@H](CCC(=O)OCc1ccccc1)C(=O)N1c2ncccc2C[C@H]1C(=O)O. The van der Waals surface area contributed by atoms with Crippen molar-refractivity contribution in [1.29, 1.82) is 0 Å². The van der Waals surface area contributed by atoms with Crippen LogP contribution in [0.4, 0.5) is 11.8 Å². The zero-order chi connectivity index (χ0) is 30.1. The fraction of sp³-hybridized carbons (Fsp3) is 0.367. The summed E-state index contributed by atoms with van der Waals surface area (Å²) in [6, 6.07) is 10.9. The van der Waals surface area contributed by atoms with E-state index >= 15 is 0 Å². The van der Waals surface area contributed by atoms with Crippen LogP contribution in [0.1, 0.15) is 44.2 Å². The molecule has 12 nitrogen and oxygen atoms in total. The molecule has 3 N–H and O–H groups in total. The van der Waals surface area contributed by atoms with Crippen LogP contribution in [0.25, 0.3) is 0 Å². The summed E-state index contributed by atoms with van der Waals surface area (Å²) in [5.74, 6) is -2.67. The molecule has 3 aromatic rings. The van der Waals surface area contributed by atoms with E-state index in [4.69, 9.17) is 4.74 Å². The monoisotopic (exact) mass is 574 g/mol. The number of rotatable bonds is 13. The molecule has 1 aromatic carbocycles. The molecule has 0 fully saturated rings. The first kappa shape index (κ1) is 30.1. The maximum Gasteiger partial charge on any atom is 0.327 e. The molecule has 1 aliphatic heterocycles. The number of ether oxygens (including phenoxy) is 1. The predicted octanol–water partition coefficient (Wildman–Crippen LogP) is 2.75. The predicted molar refractivity (Wildman–Crippen MR) is 153 cm³/mol. The van der Waals surface area contributed by atoms with Gasteiger partial charge in [-0.15, -0.1) is 0 Å². The Kier molecular flexibility index (Phi) is 10.1. The minimum Gasteiger partial charge on any atom is -0.480 e. The van der Waals surface area contributed by atoms with Gasteiger partial charge in [-0.2, -0.15) is 0 Å². The highest BCUT2D eigenvalue weighted by molar-refractivity contribution is 6.05. The summed E-state index contributed by atoms with van der Waals surface area (Å²) in [6.07, 6.45) is 4.96. The standard InChI is InChI=1S/C30H34N6O6/c1-3-19(2)25(35-30-32-15-8-16-33-30)27(38)34-22(12-13-24(37)42-18-20-9-5-4-6-10-20)28(39)36-23(29(40)41)17-21-11-7-14-31-26(21)36/h4-11,14-16,19,22-23,25H,3,12-13,17-18H2,1-2H3,(H,34,38)(H,40,41)(H,32,33,35)/t19-,22-,23-,25-/m0/s1. The maximum absolute atomic E-state index is 14.0. The highest BCUT2D eigenvalue weighted by Gasteiger charge is 2.42. The zero-order valence-corrected chi connectivity index (χ0v) is 23.5. The summed E-state index contributed by atoms with van der Waals surface area (Å²) in [4.78, 5) is 66.1. The number of hydrogen-bond acceptors (Lipinski definition) is 9. The first-order chi connectivity index (χ1) is 20.3. The van der Waals surface area contributed by atoms with Crippen molar-refractivity contribution in [2.24, 2.45) is 5.92 Å². The van der Waals surface area contributed by atoms with E-state index in [1.165, 1.54) is 18.6 Å². The molecule has 12 heteroatoms. The van der Waals surface area contributed by atoms with Gasteiger partial charge < -0.3 is 20.5 Å². The normalized spacial score (nSPS) is 16.0. The summed E-state index contributed by atoms with van der Waals surface area (Å²) < 4.78 is 5.37. The van der Waals surface area contributed by atoms with Crippen molar-refractivity contribution in [3.05, 3.63) is 78.2 Å². The summed E-state index contributed by atoms with van der Waals surface area (Å²) in [6.45, 7) is 3.86. The van der Waals surface area contributed by atoms with Crippen LogP contribution in [0, 0.1) is 5.92 Å². The van der Waals surface area contributed by atoms with Gasteiger partial charge in [-0.05, 0) is 35.6 Å². The number of pyridine rings is 1. The highest BCUT2D eigenvalue weighted by Crippen LogP contribution is 2.31. The van der Waals surface area contributed by atoms with Crippen molar-refractivity contribution in [3.8, 4) is 0 Å². The Hall–Kier alpha value is -4.87. The van der Waals surface area contributed by atoms with Crippen molar-refractivity contribution in [2.45, 2.75) is 64.3 Å². The van der Waals surface area contributed by atoms with E-state index < -0.39 is 41.9 Å². The Balaban J connectivity index is 1.56. The summed E-state index contributed by atoms with van der Waals surface area (Å²) in [5.41, 5.74) is 1.41. The number of benzene rings is 1. The number of carboxylic acid groups (broad SMARTS) is 1. The maximum atomic E-state index is 14.0. The number of nitrogens with zero attached hydrogens (tertiary/aromatic N) is 4. The lowest BCUT2D eigenvalue weighted by molar-refractivity contribution is -0.146. The summed E-state index contributed by atoms with van der Waals surface area (Å²) in [5, 5.41) is 15.7. The number of carbonyl (C=O) groups is 4. The molecule has 1 aliphatic rings. The van der Waals surface area contributed by atoms with Crippen LogP contribution in [0.3, 0.4) is 0 Å². The minimum absolute atomic E-state index is 0.0617. The van der Waals surface area contributed by atoms with Crippen LogP contribution in [-0.2, 0) is 36.9 Å². The second-order valence-corrected chi connectivity index (χ2v) is 10.1. The number of esters is 1. The van der Waals surface area contributed by atoms with Crippen molar-refractivity contribution >= 4 is 35.5 Å². The van der Waals surface area contributed by atoms with Crippen LogP contribution in [0.5, 0.6) is 0 Å². The molecule has 3 heterocycles. The Morgan fingerprint density at radius 1 is 1.02 bits per heavy atom. The second kappa shape index (κ2) is 14.2. The van der Waals surface area contributed by atoms with Crippen LogP contribution < -0.4 is 15.5 Å². The third kappa shape index (κ3) is 7.45. The number of aliphatic carboxylic acids is 1. The van der Waals surface area contributed by atoms with E-state index in [1.807, 2.05) is 44.2 Å². The molecule has 0 saturated carbocycles. The number of carboxylic acids is 1. The average Bonchev–Trinajstić information content (AvgIpc) is 3.41. The highest BCUT2D eigenvalue weighted by atomic mass is 16.5. The lowest BCUT2D eigenvalue weighted by atomic mass is 9.97. The van der Waals surface area contributed by atoms with E-state index in [0.29, 0.717) is 12.0 Å².